The van der Waals surface area contributed by atoms with E-state index in [2.05, 4.69) is 45.2 Å². The molecule has 0 saturated carbocycles. The number of aliphatic imine (C=N–C) groups is 1. The van der Waals surface area contributed by atoms with Gasteiger partial charge in [0, 0.05) is 19.0 Å². The number of carboxylic acids is 1. The monoisotopic (exact) mass is 478 g/mol. The van der Waals surface area contributed by atoms with Gasteiger partial charge < -0.3 is 25.8 Å². The van der Waals surface area contributed by atoms with E-state index < -0.39 is 18.1 Å². The van der Waals surface area contributed by atoms with Crippen LogP contribution < -0.4 is 16.0 Å². The zero-order valence-corrected chi connectivity index (χ0v) is 20.6. The molecule has 1 aliphatic carbocycles. The van der Waals surface area contributed by atoms with Crippen molar-refractivity contribution in [2.45, 2.75) is 45.6 Å². The highest BCUT2D eigenvalue weighted by Crippen LogP contribution is 2.47. The Morgan fingerprint density at radius 2 is 1.94 bits per heavy atom. The van der Waals surface area contributed by atoms with E-state index in [1.165, 1.54) is 0 Å². The molecule has 8 nitrogen and oxygen atoms in total. The molecule has 35 heavy (non-hydrogen) atoms. The largest absolute Gasteiger partial charge is 0.480 e. The fourth-order valence-electron chi connectivity index (χ4n) is 4.53. The average Bonchev–Trinajstić information content (AvgIpc) is 3.43. The number of carboxylic acid groups (broad SMARTS) is 1. The van der Waals surface area contributed by atoms with Gasteiger partial charge in [-0.2, -0.15) is 0 Å². The first-order valence-electron chi connectivity index (χ1n) is 12.1. The Kier molecular flexibility index (Phi) is 7.28. The number of fused-ring (bicyclic) bond motifs is 3. The summed E-state index contributed by atoms with van der Waals surface area (Å²) in [6, 6.07) is 13.4. The van der Waals surface area contributed by atoms with Gasteiger partial charge in [0.25, 0.3) is 0 Å². The van der Waals surface area contributed by atoms with Crippen LogP contribution in [0.15, 0.2) is 47.5 Å². The molecular weight excluding hydrogens is 444 g/mol. The summed E-state index contributed by atoms with van der Waals surface area (Å²) in [5.74, 6) is -0.377. The van der Waals surface area contributed by atoms with Crippen LogP contribution in [0.2, 0.25) is 0 Å². The first-order chi connectivity index (χ1) is 16.7. The van der Waals surface area contributed by atoms with Gasteiger partial charge in [0.05, 0.1) is 13.2 Å². The second kappa shape index (κ2) is 10.4. The Bertz CT molecular complexity index is 1120. The van der Waals surface area contributed by atoms with Gasteiger partial charge in [-0.15, -0.1) is 0 Å². The van der Waals surface area contributed by atoms with Gasteiger partial charge in [-0.25, -0.2) is 9.59 Å². The van der Waals surface area contributed by atoms with Crippen LogP contribution in [0.4, 0.5) is 4.79 Å². The summed E-state index contributed by atoms with van der Waals surface area (Å²) in [6.45, 7) is 8.47. The van der Waals surface area contributed by atoms with Crippen molar-refractivity contribution in [2.24, 2.45) is 10.4 Å². The maximum Gasteiger partial charge on any atom is 0.407 e. The number of nitrogens with zero attached hydrogens (tertiary/aromatic N) is 1. The first-order valence-corrected chi connectivity index (χ1v) is 12.1. The summed E-state index contributed by atoms with van der Waals surface area (Å²) in [4.78, 5) is 28.8. The summed E-state index contributed by atoms with van der Waals surface area (Å²) in [7, 11) is 0. The molecule has 0 spiro atoms. The van der Waals surface area contributed by atoms with Crippen LogP contribution in [-0.4, -0.2) is 55.4 Å². The third-order valence-electron chi connectivity index (χ3n) is 6.20. The molecule has 2 unspecified atom stereocenters. The SMILES string of the molecule is CC(C)(C)COC(=O)NC(CC1c2ccccc2-c2ccc(CCNC3=NCCN3)cc21)C(=O)O. The lowest BCUT2D eigenvalue weighted by atomic mass is 9.89. The van der Waals surface area contributed by atoms with E-state index in [-0.39, 0.29) is 24.4 Å². The van der Waals surface area contributed by atoms with Crippen molar-refractivity contribution in [2.75, 3.05) is 26.2 Å². The summed E-state index contributed by atoms with van der Waals surface area (Å²) in [5, 5.41) is 19.0. The Morgan fingerprint density at radius 1 is 1.17 bits per heavy atom. The number of carbonyl (C=O) groups is 2. The molecule has 2 aromatic carbocycles. The molecule has 0 fully saturated rings. The first kappa shape index (κ1) is 24.6. The second-order valence-corrected chi connectivity index (χ2v) is 10.3. The summed E-state index contributed by atoms with van der Waals surface area (Å²) < 4.78 is 5.26. The molecule has 0 radical (unpaired) electrons. The Morgan fingerprint density at radius 3 is 2.66 bits per heavy atom. The fourth-order valence-corrected chi connectivity index (χ4v) is 4.53. The number of amides is 1. The minimum Gasteiger partial charge on any atom is -0.480 e. The number of hydrogen-bond donors (Lipinski definition) is 4. The van der Waals surface area contributed by atoms with Crippen molar-refractivity contribution in [3.63, 3.8) is 0 Å². The molecule has 0 bridgehead atoms. The van der Waals surface area contributed by atoms with E-state index in [9.17, 15) is 14.7 Å². The van der Waals surface area contributed by atoms with Crippen molar-refractivity contribution < 1.29 is 19.4 Å². The predicted molar refractivity (Wildman–Crippen MR) is 136 cm³/mol. The van der Waals surface area contributed by atoms with E-state index >= 15 is 0 Å². The molecule has 0 saturated heterocycles. The normalized spacial score (nSPS) is 17.0. The van der Waals surface area contributed by atoms with Gasteiger partial charge in [-0.1, -0.05) is 63.2 Å². The number of benzene rings is 2. The Hall–Kier alpha value is -3.55. The number of nitrogens with one attached hydrogen (secondary N) is 3. The van der Waals surface area contributed by atoms with Crippen LogP contribution >= 0.6 is 0 Å². The average molecular weight is 479 g/mol. The van der Waals surface area contributed by atoms with Crippen molar-refractivity contribution in [1.29, 1.82) is 0 Å². The molecule has 8 heteroatoms. The minimum atomic E-state index is -1.08. The zero-order chi connectivity index (χ0) is 25.0. The van der Waals surface area contributed by atoms with Crippen LogP contribution in [0, 0.1) is 5.41 Å². The quantitative estimate of drug-likeness (QED) is 0.462. The number of ether oxygens (including phenoxy) is 1. The zero-order valence-electron chi connectivity index (χ0n) is 20.6. The van der Waals surface area contributed by atoms with Gasteiger partial charge in [0.2, 0.25) is 0 Å². The van der Waals surface area contributed by atoms with Crippen LogP contribution in [0.5, 0.6) is 0 Å². The molecule has 4 N–H and O–H groups in total. The lowest BCUT2D eigenvalue weighted by Gasteiger charge is -2.22. The lowest BCUT2D eigenvalue weighted by Crippen LogP contribution is -2.42. The molecular formula is C27H34N4O4. The molecule has 186 valence electrons. The Labute approximate surface area is 206 Å². The van der Waals surface area contributed by atoms with Crippen LogP contribution in [-0.2, 0) is 16.0 Å². The molecule has 2 aliphatic rings. The van der Waals surface area contributed by atoms with Crippen molar-refractivity contribution in [1.82, 2.24) is 16.0 Å². The van der Waals surface area contributed by atoms with Crippen molar-refractivity contribution in [3.05, 3.63) is 59.2 Å². The number of guanidine groups is 1. The Balaban J connectivity index is 1.51. The highest BCUT2D eigenvalue weighted by atomic mass is 16.5. The van der Waals surface area contributed by atoms with Gasteiger partial charge in [0.15, 0.2) is 5.96 Å². The van der Waals surface area contributed by atoms with Gasteiger partial charge in [-0.05, 0) is 46.1 Å². The lowest BCUT2D eigenvalue weighted by molar-refractivity contribution is -0.139. The minimum absolute atomic E-state index is 0.140. The number of hydrogen-bond acceptors (Lipinski definition) is 6. The van der Waals surface area contributed by atoms with Gasteiger partial charge >= 0.3 is 12.1 Å². The third-order valence-corrected chi connectivity index (χ3v) is 6.20. The number of carbonyl (C=O) groups excluding carboxylic acids is 1. The van der Waals surface area contributed by atoms with Crippen molar-refractivity contribution in [3.8, 4) is 11.1 Å². The maximum absolute atomic E-state index is 12.3. The number of aliphatic carboxylic acids is 1. The van der Waals surface area contributed by atoms with Gasteiger partial charge in [0.1, 0.15) is 6.04 Å². The molecule has 2 aromatic rings. The summed E-state index contributed by atoms with van der Waals surface area (Å²) in [6.07, 6.45) is 0.352. The number of alkyl carbamates (subject to hydrolysis) is 1. The molecule has 4 rings (SSSR count). The molecule has 2 atom stereocenters. The van der Waals surface area contributed by atoms with E-state index in [4.69, 9.17) is 4.74 Å². The van der Waals surface area contributed by atoms with Gasteiger partial charge in [-0.3, -0.25) is 4.99 Å². The third kappa shape index (κ3) is 6.12. The summed E-state index contributed by atoms with van der Waals surface area (Å²) in [5.41, 5.74) is 5.36. The van der Waals surface area contributed by atoms with E-state index in [1.807, 2.05) is 39.0 Å². The fraction of sp³-hybridized carbons (Fsp3) is 0.444. The summed E-state index contributed by atoms with van der Waals surface area (Å²) >= 11 is 0. The van der Waals surface area contributed by atoms with Crippen LogP contribution in [0.3, 0.4) is 0 Å². The van der Waals surface area contributed by atoms with Crippen molar-refractivity contribution >= 4 is 18.0 Å². The van der Waals surface area contributed by atoms with Crippen LogP contribution in [0.1, 0.15) is 49.8 Å². The molecule has 0 aromatic heterocycles. The molecule has 1 aliphatic heterocycles. The van der Waals surface area contributed by atoms with E-state index in [0.717, 1.165) is 59.8 Å². The number of rotatable bonds is 8. The highest BCUT2D eigenvalue weighted by Gasteiger charge is 2.34. The topological polar surface area (TPSA) is 112 Å². The van der Waals surface area contributed by atoms with E-state index in [0.29, 0.717) is 0 Å². The molecule has 1 amide bonds. The predicted octanol–water partition coefficient (Wildman–Crippen LogP) is 3.51. The smallest absolute Gasteiger partial charge is 0.407 e. The standard InChI is InChI=1S/C27H34N4O4/c1-27(2,3)16-35-26(34)31-23(24(32)33)15-22-19-7-5-4-6-18(19)20-9-8-17(14-21(20)22)10-11-28-25-29-12-13-30-25/h4-9,14,22-23H,10-13,15-16H2,1-3H3,(H,31,34)(H,32,33)(H2,28,29,30). The van der Waals surface area contributed by atoms with Crippen LogP contribution in [0.25, 0.3) is 11.1 Å². The van der Waals surface area contributed by atoms with E-state index in [1.54, 1.807) is 0 Å². The second-order valence-electron chi connectivity index (χ2n) is 10.3. The highest BCUT2D eigenvalue weighted by molar-refractivity contribution is 5.83. The molecule has 1 heterocycles. The maximum atomic E-state index is 12.3.